The van der Waals surface area contributed by atoms with Gasteiger partial charge in [-0.25, -0.2) is 4.79 Å². The molecule has 0 spiro atoms. The van der Waals surface area contributed by atoms with Crippen molar-refractivity contribution in [1.82, 2.24) is 0 Å². The number of carboxylic acid groups (broad SMARTS) is 1. The number of carbonyl (C=O) groups is 1. The summed E-state index contributed by atoms with van der Waals surface area (Å²) in [6.07, 6.45) is 2.10. The molecule has 7 heteroatoms. The normalized spacial score (nSPS) is 9.83. The molecule has 0 unspecified atom stereocenters. The van der Waals surface area contributed by atoms with Gasteiger partial charge in [-0.1, -0.05) is 17.7 Å². The summed E-state index contributed by atoms with van der Waals surface area (Å²) < 4.78 is 5.20. The Morgan fingerprint density at radius 3 is 2.78 bits per heavy atom. The van der Waals surface area contributed by atoms with Gasteiger partial charge in [-0.15, -0.1) is 6.58 Å². The van der Waals surface area contributed by atoms with E-state index < -0.39 is 16.6 Å². The van der Waals surface area contributed by atoms with Crippen LogP contribution < -0.4 is 4.74 Å². The van der Waals surface area contributed by atoms with Gasteiger partial charge in [0.1, 0.15) is 5.56 Å². The number of hydrogen-bond donors (Lipinski definition) is 1. The van der Waals surface area contributed by atoms with Crippen LogP contribution in [0.5, 0.6) is 5.75 Å². The zero-order valence-corrected chi connectivity index (χ0v) is 10.0. The Labute approximate surface area is 108 Å². The summed E-state index contributed by atoms with van der Waals surface area (Å²) in [5, 5.41) is 19.5. The highest BCUT2D eigenvalue weighted by Gasteiger charge is 2.21. The molecule has 0 aromatic heterocycles. The molecular weight excluding hydrogens is 262 g/mol. The highest BCUT2D eigenvalue weighted by atomic mass is 35.5. The van der Waals surface area contributed by atoms with E-state index in [0.29, 0.717) is 6.42 Å². The van der Waals surface area contributed by atoms with Gasteiger partial charge in [0.25, 0.3) is 5.69 Å². The first-order valence-electron chi connectivity index (χ1n) is 4.92. The standard InChI is InChI=1S/C11H10ClNO5/c1-2-3-4-18-10-8(11(14)15)5-7(13(16)17)6-9(10)12/h2,5-6H,1,3-4H2,(H,14,15). The summed E-state index contributed by atoms with van der Waals surface area (Å²) in [6, 6.07) is 1.97. The third-order valence-electron chi connectivity index (χ3n) is 2.04. The van der Waals surface area contributed by atoms with Crippen molar-refractivity contribution in [3.8, 4) is 5.75 Å². The Balaban J connectivity index is 3.18. The molecule has 0 atom stereocenters. The van der Waals surface area contributed by atoms with Gasteiger partial charge in [-0.3, -0.25) is 10.1 Å². The predicted octanol–water partition coefficient (Wildman–Crippen LogP) is 2.90. The van der Waals surface area contributed by atoms with E-state index >= 15 is 0 Å². The number of nitro benzene ring substituents is 1. The van der Waals surface area contributed by atoms with Crippen molar-refractivity contribution in [2.75, 3.05) is 6.61 Å². The molecule has 0 aliphatic heterocycles. The number of benzene rings is 1. The summed E-state index contributed by atoms with van der Waals surface area (Å²) in [6.45, 7) is 3.69. The zero-order valence-electron chi connectivity index (χ0n) is 9.26. The van der Waals surface area contributed by atoms with E-state index in [0.717, 1.165) is 12.1 Å². The van der Waals surface area contributed by atoms with Crippen LogP contribution in [0.4, 0.5) is 5.69 Å². The SMILES string of the molecule is C=CCCOc1c(Cl)cc([N+](=O)[O-])cc1C(=O)O. The highest BCUT2D eigenvalue weighted by Crippen LogP contribution is 2.33. The van der Waals surface area contributed by atoms with Crippen molar-refractivity contribution in [2.45, 2.75) is 6.42 Å². The first-order chi connectivity index (χ1) is 8.47. The minimum Gasteiger partial charge on any atom is -0.491 e. The summed E-state index contributed by atoms with van der Waals surface area (Å²) in [7, 11) is 0. The number of ether oxygens (including phenoxy) is 1. The molecule has 1 aromatic rings. The van der Waals surface area contributed by atoms with Crippen molar-refractivity contribution in [3.05, 3.63) is 45.5 Å². The number of non-ortho nitro benzene ring substituents is 1. The van der Waals surface area contributed by atoms with Gasteiger partial charge in [0, 0.05) is 12.1 Å². The smallest absolute Gasteiger partial charge is 0.339 e. The molecule has 1 aromatic carbocycles. The largest absolute Gasteiger partial charge is 0.491 e. The van der Waals surface area contributed by atoms with Gasteiger partial charge < -0.3 is 9.84 Å². The lowest BCUT2D eigenvalue weighted by atomic mass is 10.2. The maximum absolute atomic E-state index is 11.0. The Hall–Kier alpha value is -2.08. The minimum absolute atomic E-state index is 0.0726. The first-order valence-corrected chi connectivity index (χ1v) is 5.30. The van der Waals surface area contributed by atoms with Crippen molar-refractivity contribution in [3.63, 3.8) is 0 Å². The van der Waals surface area contributed by atoms with Crippen molar-refractivity contribution >= 4 is 23.3 Å². The first kappa shape index (κ1) is 14.0. The summed E-state index contributed by atoms with van der Waals surface area (Å²) in [5.74, 6) is -1.41. The second-order valence-corrected chi connectivity index (χ2v) is 3.70. The Morgan fingerprint density at radius 1 is 1.61 bits per heavy atom. The van der Waals surface area contributed by atoms with Gasteiger partial charge in [-0.05, 0) is 6.42 Å². The molecule has 0 aliphatic carbocycles. The average Bonchev–Trinajstić information content (AvgIpc) is 2.30. The molecule has 0 saturated heterocycles. The lowest BCUT2D eigenvalue weighted by Gasteiger charge is -2.09. The third-order valence-corrected chi connectivity index (χ3v) is 2.32. The summed E-state index contributed by atoms with van der Waals surface area (Å²) in [4.78, 5) is 20.9. The fourth-order valence-electron chi connectivity index (χ4n) is 1.23. The second-order valence-electron chi connectivity index (χ2n) is 3.29. The number of hydrogen-bond acceptors (Lipinski definition) is 4. The number of nitro groups is 1. The van der Waals surface area contributed by atoms with Crippen LogP contribution in [0.2, 0.25) is 5.02 Å². The predicted molar refractivity (Wildman–Crippen MR) is 65.4 cm³/mol. The Bertz CT molecular complexity index is 500. The van der Waals surface area contributed by atoms with Crippen LogP contribution in [0.1, 0.15) is 16.8 Å². The van der Waals surface area contributed by atoms with E-state index in [1.165, 1.54) is 0 Å². The maximum atomic E-state index is 11.0. The Kier molecular flexibility index (Phi) is 4.67. The molecule has 0 heterocycles. The van der Waals surface area contributed by atoms with E-state index in [-0.39, 0.29) is 22.9 Å². The van der Waals surface area contributed by atoms with E-state index in [2.05, 4.69) is 6.58 Å². The summed E-state index contributed by atoms with van der Waals surface area (Å²) >= 11 is 5.78. The maximum Gasteiger partial charge on any atom is 0.339 e. The topological polar surface area (TPSA) is 89.7 Å². The zero-order chi connectivity index (χ0) is 13.7. The van der Waals surface area contributed by atoms with Crippen LogP contribution in [0.25, 0.3) is 0 Å². The molecule has 0 aliphatic rings. The molecule has 6 nitrogen and oxygen atoms in total. The van der Waals surface area contributed by atoms with Gasteiger partial charge in [-0.2, -0.15) is 0 Å². The monoisotopic (exact) mass is 271 g/mol. The van der Waals surface area contributed by atoms with Crippen LogP contribution in [0.15, 0.2) is 24.8 Å². The molecule has 0 fully saturated rings. The molecule has 0 bridgehead atoms. The number of aromatic carboxylic acids is 1. The molecule has 0 saturated carbocycles. The number of nitrogens with zero attached hydrogens (tertiary/aromatic N) is 1. The number of carboxylic acids is 1. The quantitative estimate of drug-likeness (QED) is 0.372. The fourth-order valence-corrected chi connectivity index (χ4v) is 1.50. The van der Waals surface area contributed by atoms with Gasteiger partial charge >= 0.3 is 5.97 Å². The van der Waals surface area contributed by atoms with E-state index in [1.807, 2.05) is 0 Å². The van der Waals surface area contributed by atoms with Gasteiger partial charge in [0.15, 0.2) is 5.75 Å². The molecule has 18 heavy (non-hydrogen) atoms. The van der Waals surface area contributed by atoms with Gasteiger partial charge in [0.2, 0.25) is 0 Å². The molecular formula is C11H10ClNO5. The average molecular weight is 272 g/mol. The highest BCUT2D eigenvalue weighted by molar-refractivity contribution is 6.32. The summed E-state index contributed by atoms with van der Waals surface area (Å²) in [5.41, 5.74) is -0.730. The van der Waals surface area contributed by atoms with Crippen molar-refractivity contribution in [1.29, 1.82) is 0 Å². The van der Waals surface area contributed by atoms with E-state index in [9.17, 15) is 14.9 Å². The number of rotatable bonds is 6. The van der Waals surface area contributed by atoms with Crippen molar-refractivity contribution < 1.29 is 19.6 Å². The molecule has 0 amide bonds. The van der Waals surface area contributed by atoms with Crippen LogP contribution >= 0.6 is 11.6 Å². The molecule has 0 radical (unpaired) electrons. The minimum atomic E-state index is -1.34. The molecule has 1 rings (SSSR count). The van der Waals surface area contributed by atoms with E-state index in [1.54, 1.807) is 6.08 Å². The lowest BCUT2D eigenvalue weighted by Crippen LogP contribution is -2.06. The van der Waals surface area contributed by atoms with Crippen LogP contribution in [0, 0.1) is 10.1 Å². The van der Waals surface area contributed by atoms with Crippen LogP contribution in [0.3, 0.4) is 0 Å². The van der Waals surface area contributed by atoms with Gasteiger partial charge in [0.05, 0.1) is 16.6 Å². The molecule has 1 N–H and O–H groups in total. The third kappa shape index (κ3) is 3.21. The van der Waals surface area contributed by atoms with Crippen molar-refractivity contribution in [2.24, 2.45) is 0 Å². The molecule has 96 valence electrons. The fraction of sp³-hybridized carbons (Fsp3) is 0.182. The van der Waals surface area contributed by atoms with Crippen LogP contribution in [-0.4, -0.2) is 22.6 Å². The van der Waals surface area contributed by atoms with Crippen LogP contribution in [-0.2, 0) is 0 Å². The lowest BCUT2D eigenvalue weighted by molar-refractivity contribution is -0.384. The Morgan fingerprint density at radius 2 is 2.28 bits per heavy atom. The number of halogens is 1. The second kappa shape index (κ2) is 6.02. The van der Waals surface area contributed by atoms with E-state index in [4.69, 9.17) is 21.4 Å².